The molecule has 0 aliphatic carbocycles. The molecule has 41 heavy (non-hydrogen) atoms. The van der Waals surface area contributed by atoms with Crippen molar-refractivity contribution >= 4 is 40.4 Å². The van der Waals surface area contributed by atoms with Crippen molar-refractivity contribution in [1.29, 1.82) is 0 Å². The molecule has 7 atom stereocenters. The van der Waals surface area contributed by atoms with E-state index in [1.807, 2.05) is 0 Å². The number of hydrogen-bond acceptors (Lipinski definition) is 14. The SMILES string of the molecule is NCCCCCCCCCP(=O)(O)OP(=O)(O)OP(=O)(O)OC[C@H]1O[C@@H](n2cnc3c(=O)[nH]c(N)nc32)[C@@H](O)C1O. The summed E-state index contributed by atoms with van der Waals surface area (Å²) in [7, 11) is -15.7. The molecular formula is C19H35N6O13P3. The largest absolute Gasteiger partial charge is 0.488 e. The van der Waals surface area contributed by atoms with E-state index in [1.165, 1.54) is 0 Å². The molecule has 2 aromatic rings. The van der Waals surface area contributed by atoms with Crippen LogP contribution in [0.4, 0.5) is 5.95 Å². The van der Waals surface area contributed by atoms with E-state index in [0.717, 1.165) is 43.0 Å². The number of rotatable bonds is 17. The van der Waals surface area contributed by atoms with E-state index in [1.54, 1.807) is 0 Å². The highest BCUT2D eigenvalue weighted by atomic mass is 31.3. The van der Waals surface area contributed by atoms with Crippen LogP contribution in [0, 0.1) is 0 Å². The lowest BCUT2D eigenvalue weighted by Gasteiger charge is -2.20. The van der Waals surface area contributed by atoms with Crippen LogP contribution in [0.15, 0.2) is 11.1 Å². The smallest absolute Gasteiger partial charge is 0.387 e. The summed E-state index contributed by atoms with van der Waals surface area (Å²) in [5.74, 6) is -0.257. The van der Waals surface area contributed by atoms with Gasteiger partial charge in [-0.1, -0.05) is 32.1 Å². The molecule has 0 spiro atoms. The Morgan fingerprint density at radius 1 is 0.976 bits per heavy atom. The third kappa shape index (κ3) is 9.73. The van der Waals surface area contributed by atoms with E-state index in [0.29, 0.717) is 13.0 Å². The molecule has 3 heterocycles. The first-order valence-corrected chi connectivity index (χ1v) is 17.4. The van der Waals surface area contributed by atoms with Crippen molar-refractivity contribution in [3.63, 3.8) is 0 Å². The van der Waals surface area contributed by atoms with E-state index in [9.17, 15) is 43.4 Å². The van der Waals surface area contributed by atoms with Crippen molar-refractivity contribution in [2.75, 3.05) is 25.0 Å². The molecule has 4 unspecified atom stereocenters. The number of hydrogen-bond donors (Lipinski definition) is 8. The quantitative estimate of drug-likeness (QED) is 0.0852. The minimum absolute atomic E-state index is 0.0884. The number of nitrogens with one attached hydrogen (secondary N) is 1. The fraction of sp³-hybridized carbons (Fsp3) is 0.737. The number of nitrogen functional groups attached to an aromatic ring is 1. The number of unbranched alkanes of at least 4 members (excludes halogenated alkanes) is 6. The number of anilines is 1. The zero-order chi connectivity index (χ0) is 30.4. The number of aliphatic hydroxyl groups excluding tert-OH is 2. The van der Waals surface area contributed by atoms with E-state index in [2.05, 4.69) is 28.1 Å². The van der Waals surface area contributed by atoms with E-state index in [4.69, 9.17) is 16.2 Å². The third-order valence-corrected chi connectivity index (χ3v) is 10.9. The van der Waals surface area contributed by atoms with Crippen LogP contribution in [0.25, 0.3) is 11.2 Å². The highest BCUT2D eigenvalue weighted by molar-refractivity contribution is 7.68. The minimum atomic E-state index is -5.57. The van der Waals surface area contributed by atoms with Gasteiger partial charge in [-0.05, 0) is 19.4 Å². The first-order chi connectivity index (χ1) is 19.1. The van der Waals surface area contributed by atoms with Crippen LogP contribution < -0.4 is 17.0 Å². The molecule has 3 rings (SSSR count). The van der Waals surface area contributed by atoms with Crippen LogP contribution in [0.2, 0.25) is 0 Å². The van der Waals surface area contributed by atoms with Crippen LogP contribution in [0.3, 0.4) is 0 Å². The Kier molecular flexibility index (Phi) is 11.8. The summed E-state index contributed by atoms with van der Waals surface area (Å²) in [5.41, 5.74) is 10.1. The predicted molar refractivity (Wildman–Crippen MR) is 142 cm³/mol. The van der Waals surface area contributed by atoms with Gasteiger partial charge in [-0.2, -0.15) is 9.29 Å². The number of aromatic amines is 1. The second-order valence-corrected chi connectivity index (χ2v) is 14.5. The third-order valence-electron chi connectivity index (χ3n) is 6.05. The zero-order valence-electron chi connectivity index (χ0n) is 21.8. The number of aromatic nitrogens is 4. The van der Waals surface area contributed by atoms with Crippen molar-refractivity contribution in [3.05, 3.63) is 16.7 Å². The topological polar surface area (TPSA) is 305 Å². The average Bonchev–Trinajstić information content (AvgIpc) is 3.39. The van der Waals surface area contributed by atoms with Crippen molar-refractivity contribution < 1.29 is 56.5 Å². The maximum absolute atomic E-state index is 12.3. The minimum Gasteiger partial charge on any atom is -0.387 e. The molecule has 1 aliphatic rings. The lowest BCUT2D eigenvalue weighted by Crippen LogP contribution is -2.33. The lowest BCUT2D eigenvalue weighted by atomic mass is 10.1. The summed E-state index contributed by atoms with van der Waals surface area (Å²) in [5, 5.41) is 20.8. The van der Waals surface area contributed by atoms with Gasteiger partial charge >= 0.3 is 23.2 Å². The molecule has 1 aliphatic heterocycles. The second-order valence-electron chi connectivity index (χ2n) is 9.34. The summed E-state index contributed by atoms with van der Waals surface area (Å²) in [4.78, 5) is 51.6. The summed E-state index contributed by atoms with van der Waals surface area (Å²) in [6.45, 7) is -0.338. The molecule has 0 bridgehead atoms. The number of nitrogens with two attached hydrogens (primary N) is 2. The standard InChI is InChI=1S/C19H35N6O13P3/c20-8-6-4-2-1-3-5-7-9-39(29,30)37-41(33,34)38-40(31,32)35-10-12-14(26)15(27)18(36-12)25-11-22-13-16(25)23-19(21)24-17(13)28/h11-12,14-15,18,26-27H,1-10,20H2,(H,29,30)(H,31,32)(H,33,34)(H3,21,23,24,28)/t12-,14?,15+,18-/m1/s1. The van der Waals surface area contributed by atoms with Crippen LogP contribution in [-0.2, 0) is 31.6 Å². The first kappa shape index (κ1) is 33.9. The molecule has 1 fully saturated rings. The number of phosphoric acid groups is 2. The van der Waals surface area contributed by atoms with Crippen LogP contribution in [0.1, 0.15) is 51.2 Å². The Morgan fingerprint density at radius 2 is 1.61 bits per heavy atom. The molecule has 0 saturated carbocycles. The molecule has 2 aromatic heterocycles. The Hall–Kier alpha value is -1.56. The van der Waals surface area contributed by atoms with Gasteiger partial charge in [-0.15, -0.1) is 0 Å². The molecular weight excluding hydrogens is 613 g/mol. The number of H-pyrrole nitrogens is 1. The lowest BCUT2D eigenvalue weighted by molar-refractivity contribution is -0.0503. The van der Waals surface area contributed by atoms with Gasteiger partial charge < -0.3 is 41.1 Å². The van der Waals surface area contributed by atoms with Crippen LogP contribution in [-0.4, -0.2) is 82.0 Å². The average molecular weight is 648 g/mol. The molecule has 0 aromatic carbocycles. The molecule has 1 saturated heterocycles. The normalized spacial score (nSPS) is 25.6. The monoisotopic (exact) mass is 648 g/mol. The van der Waals surface area contributed by atoms with Crippen molar-refractivity contribution in [3.8, 4) is 0 Å². The number of imidazole rings is 1. The first-order valence-electron chi connectivity index (χ1n) is 12.6. The summed E-state index contributed by atoms with van der Waals surface area (Å²) in [6, 6.07) is 0. The number of phosphoric ester groups is 1. The van der Waals surface area contributed by atoms with Gasteiger partial charge in [0.15, 0.2) is 17.4 Å². The molecule has 0 radical (unpaired) electrons. The number of ether oxygens (including phenoxy) is 1. The molecule has 0 amide bonds. The van der Waals surface area contributed by atoms with E-state index < -0.39 is 66.1 Å². The number of aliphatic hydroxyl groups is 2. The van der Waals surface area contributed by atoms with Crippen molar-refractivity contribution in [2.24, 2.45) is 5.73 Å². The van der Waals surface area contributed by atoms with Gasteiger partial charge in [-0.25, -0.2) is 18.4 Å². The van der Waals surface area contributed by atoms with Gasteiger partial charge in [0.1, 0.15) is 18.3 Å². The highest BCUT2D eigenvalue weighted by Crippen LogP contribution is 2.67. The molecule has 19 nitrogen and oxygen atoms in total. The molecule has 234 valence electrons. The fourth-order valence-corrected chi connectivity index (χ4v) is 8.30. The van der Waals surface area contributed by atoms with Gasteiger partial charge in [0.2, 0.25) is 5.95 Å². The zero-order valence-corrected chi connectivity index (χ0v) is 24.5. The van der Waals surface area contributed by atoms with Crippen LogP contribution in [0.5, 0.6) is 0 Å². The maximum Gasteiger partial charge on any atom is 0.488 e. The predicted octanol–water partition coefficient (Wildman–Crippen LogP) is 0.446. The second kappa shape index (κ2) is 14.3. The Bertz CT molecular complexity index is 1370. The van der Waals surface area contributed by atoms with Crippen molar-refractivity contribution in [1.82, 2.24) is 19.5 Å². The highest BCUT2D eigenvalue weighted by Gasteiger charge is 2.47. The van der Waals surface area contributed by atoms with Crippen molar-refractivity contribution in [2.45, 2.75) is 69.5 Å². The molecule has 10 N–H and O–H groups in total. The maximum atomic E-state index is 12.3. The summed E-state index contributed by atoms with van der Waals surface area (Å²) in [6.07, 6.45) is -0.391. The number of nitrogens with zero attached hydrogens (tertiary/aromatic N) is 3. The van der Waals surface area contributed by atoms with Gasteiger partial charge in [0.25, 0.3) is 5.56 Å². The Labute approximate surface area is 233 Å². The molecule has 22 heteroatoms. The van der Waals surface area contributed by atoms with Gasteiger partial charge in [-0.3, -0.25) is 23.4 Å². The summed E-state index contributed by atoms with van der Waals surface area (Å²) < 4.78 is 56.2. The van der Waals surface area contributed by atoms with E-state index in [-0.39, 0.29) is 23.5 Å². The Balaban J connectivity index is 1.51. The van der Waals surface area contributed by atoms with Gasteiger partial charge in [0.05, 0.1) is 19.1 Å². The summed E-state index contributed by atoms with van der Waals surface area (Å²) >= 11 is 0. The Morgan fingerprint density at radius 3 is 2.27 bits per heavy atom. The fourth-order valence-electron chi connectivity index (χ4n) is 4.10. The van der Waals surface area contributed by atoms with Crippen LogP contribution >= 0.6 is 23.2 Å². The van der Waals surface area contributed by atoms with E-state index >= 15 is 0 Å². The number of fused-ring (bicyclic) bond motifs is 1. The van der Waals surface area contributed by atoms with Gasteiger partial charge in [0, 0.05) is 0 Å².